The molecule has 0 aliphatic carbocycles. The molecule has 0 fully saturated rings. The lowest BCUT2D eigenvalue weighted by Crippen LogP contribution is -2.39. The maximum Gasteiger partial charge on any atom is 0.247 e. The summed E-state index contributed by atoms with van der Waals surface area (Å²) in [6.07, 6.45) is 1.87. The zero-order valence-electron chi connectivity index (χ0n) is 15.1. The van der Waals surface area contributed by atoms with Crippen LogP contribution in [0.5, 0.6) is 0 Å². The van der Waals surface area contributed by atoms with Gasteiger partial charge in [0.15, 0.2) is 0 Å². The Morgan fingerprint density at radius 3 is 2.44 bits per heavy atom. The number of para-hydroxylation sites is 3. The van der Waals surface area contributed by atoms with Gasteiger partial charge in [0.1, 0.15) is 12.4 Å². The van der Waals surface area contributed by atoms with Crippen molar-refractivity contribution in [3.05, 3.63) is 60.4 Å². The average molecular weight is 335 g/mol. The predicted molar refractivity (Wildman–Crippen MR) is 103 cm³/mol. The highest BCUT2D eigenvalue weighted by Crippen LogP contribution is 2.21. The number of nitrogens with zero attached hydrogens (tertiary/aromatic N) is 3. The van der Waals surface area contributed by atoms with E-state index in [0.717, 1.165) is 35.4 Å². The number of carbonyl (C=O) groups is 1. The molecular formula is C21H25N3O. The number of aromatic nitrogens is 2. The van der Waals surface area contributed by atoms with Crippen LogP contribution in [0, 0.1) is 0 Å². The zero-order valence-corrected chi connectivity index (χ0v) is 15.1. The molecule has 2 aromatic carbocycles. The number of hydrogen-bond acceptors (Lipinski definition) is 2. The number of rotatable bonds is 6. The maximum atomic E-state index is 13.1. The van der Waals surface area contributed by atoms with Crippen LogP contribution in [0.3, 0.4) is 0 Å². The van der Waals surface area contributed by atoms with Crippen molar-refractivity contribution < 1.29 is 4.79 Å². The van der Waals surface area contributed by atoms with Crippen molar-refractivity contribution in [1.29, 1.82) is 0 Å². The van der Waals surface area contributed by atoms with E-state index < -0.39 is 0 Å². The number of fused-ring (bicyclic) bond motifs is 1. The van der Waals surface area contributed by atoms with Gasteiger partial charge in [-0.25, -0.2) is 4.98 Å². The van der Waals surface area contributed by atoms with Gasteiger partial charge in [-0.15, -0.1) is 0 Å². The third-order valence-electron chi connectivity index (χ3n) is 4.32. The van der Waals surface area contributed by atoms with Crippen molar-refractivity contribution in [2.75, 3.05) is 4.90 Å². The normalized spacial score (nSPS) is 11.2. The van der Waals surface area contributed by atoms with E-state index in [1.54, 1.807) is 0 Å². The van der Waals surface area contributed by atoms with Gasteiger partial charge in [0, 0.05) is 18.2 Å². The van der Waals surface area contributed by atoms with Crippen LogP contribution in [0.15, 0.2) is 54.6 Å². The SMILES string of the molecule is CCCc1nc2ccccc2n1CC(=O)N(c1ccccc1)C(C)C. The molecule has 130 valence electrons. The molecule has 0 unspecified atom stereocenters. The van der Waals surface area contributed by atoms with Crippen LogP contribution in [0.1, 0.15) is 33.0 Å². The van der Waals surface area contributed by atoms with E-state index in [1.807, 2.05) is 73.3 Å². The first-order valence-electron chi connectivity index (χ1n) is 8.93. The van der Waals surface area contributed by atoms with Crippen LogP contribution in [0.25, 0.3) is 11.0 Å². The van der Waals surface area contributed by atoms with Gasteiger partial charge in [0.25, 0.3) is 0 Å². The topological polar surface area (TPSA) is 38.1 Å². The Balaban J connectivity index is 1.96. The first-order valence-corrected chi connectivity index (χ1v) is 8.93. The number of hydrogen-bond donors (Lipinski definition) is 0. The standard InChI is InChI=1S/C21H25N3O/c1-4-10-20-22-18-13-8-9-14-19(18)23(20)15-21(25)24(16(2)3)17-11-6-5-7-12-17/h5-9,11-14,16H,4,10,15H2,1-3H3. The van der Waals surface area contributed by atoms with Crippen LogP contribution >= 0.6 is 0 Å². The largest absolute Gasteiger partial charge is 0.318 e. The van der Waals surface area contributed by atoms with Gasteiger partial charge in [-0.3, -0.25) is 4.79 Å². The molecule has 0 spiro atoms. The van der Waals surface area contributed by atoms with Crippen molar-refractivity contribution in [1.82, 2.24) is 9.55 Å². The Bertz CT molecular complexity index is 852. The van der Waals surface area contributed by atoms with Gasteiger partial charge in [-0.1, -0.05) is 37.3 Å². The summed E-state index contributed by atoms with van der Waals surface area (Å²) in [4.78, 5) is 19.7. The fraction of sp³-hybridized carbons (Fsp3) is 0.333. The minimum Gasteiger partial charge on any atom is -0.318 e. The molecule has 0 saturated carbocycles. The Kier molecular flexibility index (Phi) is 5.17. The number of carbonyl (C=O) groups excluding carboxylic acids is 1. The third kappa shape index (κ3) is 3.58. The molecule has 1 amide bonds. The van der Waals surface area contributed by atoms with Gasteiger partial charge in [0.05, 0.1) is 11.0 Å². The summed E-state index contributed by atoms with van der Waals surface area (Å²) in [6, 6.07) is 18.0. The number of amides is 1. The second-order valence-electron chi connectivity index (χ2n) is 6.55. The number of aryl methyl sites for hydroxylation is 1. The Morgan fingerprint density at radius 2 is 1.76 bits per heavy atom. The Morgan fingerprint density at radius 1 is 1.08 bits per heavy atom. The van der Waals surface area contributed by atoms with Gasteiger partial charge >= 0.3 is 0 Å². The van der Waals surface area contributed by atoms with Crippen molar-refractivity contribution in [2.45, 2.75) is 46.2 Å². The van der Waals surface area contributed by atoms with E-state index in [4.69, 9.17) is 4.98 Å². The average Bonchev–Trinajstić information content (AvgIpc) is 2.94. The van der Waals surface area contributed by atoms with E-state index >= 15 is 0 Å². The second kappa shape index (κ2) is 7.51. The summed E-state index contributed by atoms with van der Waals surface area (Å²) in [7, 11) is 0. The fourth-order valence-corrected chi connectivity index (χ4v) is 3.25. The van der Waals surface area contributed by atoms with Crippen molar-refractivity contribution in [3.8, 4) is 0 Å². The molecule has 0 radical (unpaired) electrons. The molecule has 0 aliphatic rings. The van der Waals surface area contributed by atoms with Crippen molar-refractivity contribution >= 4 is 22.6 Å². The predicted octanol–water partition coefficient (Wildman–Crippen LogP) is 4.43. The summed E-state index contributed by atoms with van der Waals surface area (Å²) in [5.41, 5.74) is 2.91. The lowest BCUT2D eigenvalue weighted by Gasteiger charge is -2.27. The quantitative estimate of drug-likeness (QED) is 0.668. The summed E-state index contributed by atoms with van der Waals surface area (Å²) >= 11 is 0. The maximum absolute atomic E-state index is 13.1. The van der Waals surface area contributed by atoms with Crippen LogP contribution < -0.4 is 4.90 Å². The summed E-state index contributed by atoms with van der Waals surface area (Å²) < 4.78 is 2.07. The van der Waals surface area contributed by atoms with Crippen LogP contribution in [0.2, 0.25) is 0 Å². The first-order chi connectivity index (χ1) is 12.1. The first kappa shape index (κ1) is 17.2. The van der Waals surface area contributed by atoms with Crippen LogP contribution in [-0.4, -0.2) is 21.5 Å². The van der Waals surface area contributed by atoms with Crippen molar-refractivity contribution in [3.63, 3.8) is 0 Å². The molecule has 1 heterocycles. The van der Waals surface area contributed by atoms with E-state index in [-0.39, 0.29) is 11.9 Å². The smallest absolute Gasteiger partial charge is 0.247 e. The van der Waals surface area contributed by atoms with Crippen LogP contribution in [-0.2, 0) is 17.8 Å². The van der Waals surface area contributed by atoms with E-state index in [0.29, 0.717) is 6.54 Å². The minimum atomic E-state index is 0.0849. The fourth-order valence-electron chi connectivity index (χ4n) is 3.25. The highest BCUT2D eigenvalue weighted by molar-refractivity contribution is 5.94. The molecule has 3 aromatic rings. The molecule has 4 heteroatoms. The van der Waals surface area contributed by atoms with Gasteiger partial charge < -0.3 is 9.47 Å². The molecule has 1 aromatic heterocycles. The molecule has 0 aliphatic heterocycles. The highest BCUT2D eigenvalue weighted by atomic mass is 16.2. The van der Waals surface area contributed by atoms with Crippen LogP contribution in [0.4, 0.5) is 5.69 Å². The lowest BCUT2D eigenvalue weighted by molar-refractivity contribution is -0.119. The summed E-state index contributed by atoms with van der Waals surface area (Å²) in [6.45, 7) is 6.53. The second-order valence-corrected chi connectivity index (χ2v) is 6.55. The summed E-state index contributed by atoms with van der Waals surface area (Å²) in [5, 5.41) is 0. The number of anilines is 1. The molecule has 0 bridgehead atoms. The number of imidazole rings is 1. The molecule has 3 rings (SSSR count). The van der Waals surface area contributed by atoms with Gasteiger partial charge in [-0.2, -0.15) is 0 Å². The lowest BCUT2D eigenvalue weighted by atomic mass is 10.2. The third-order valence-corrected chi connectivity index (χ3v) is 4.32. The number of benzene rings is 2. The Hall–Kier alpha value is -2.62. The molecule has 4 nitrogen and oxygen atoms in total. The summed E-state index contributed by atoms with van der Waals surface area (Å²) in [5.74, 6) is 1.07. The monoisotopic (exact) mass is 335 g/mol. The van der Waals surface area contributed by atoms with Crippen molar-refractivity contribution in [2.24, 2.45) is 0 Å². The van der Waals surface area contributed by atoms with Gasteiger partial charge in [-0.05, 0) is 44.5 Å². The molecular weight excluding hydrogens is 310 g/mol. The minimum absolute atomic E-state index is 0.0849. The molecule has 0 saturated heterocycles. The van der Waals surface area contributed by atoms with E-state index in [2.05, 4.69) is 11.5 Å². The molecule has 0 N–H and O–H groups in total. The van der Waals surface area contributed by atoms with Gasteiger partial charge in [0.2, 0.25) is 5.91 Å². The Labute approximate surface area is 149 Å². The highest BCUT2D eigenvalue weighted by Gasteiger charge is 2.21. The molecule has 25 heavy (non-hydrogen) atoms. The van der Waals surface area contributed by atoms with E-state index in [1.165, 1.54) is 0 Å². The van der Waals surface area contributed by atoms with E-state index in [9.17, 15) is 4.79 Å². The zero-order chi connectivity index (χ0) is 17.8. The molecule has 0 atom stereocenters.